The number of aliphatic hydroxyl groups excluding tert-OH is 1. The zero-order valence-electron chi connectivity index (χ0n) is 16.7. The van der Waals surface area contributed by atoms with Crippen molar-refractivity contribution in [3.05, 3.63) is 88.9 Å². The molecule has 1 aliphatic heterocycles. The number of aliphatic hydroxyl groups is 1. The normalized spacial score (nSPS) is 15.1. The number of halogens is 1. The highest BCUT2D eigenvalue weighted by molar-refractivity contribution is 6.30. The Morgan fingerprint density at radius 1 is 0.967 bits per heavy atom. The Bertz CT molecular complexity index is 994. The van der Waals surface area contributed by atoms with Gasteiger partial charge in [-0.2, -0.15) is 0 Å². The highest BCUT2D eigenvalue weighted by Gasteiger charge is 2.16. The van der Waals surface area contributed by atoms with Gasteiger partial charge >= 0.3 is 0 Å². The molecule has 30 heavy (non-hydrogen) atoms. The van der Waals surface area contributed by atoms with Crippen molar-refractivity contribution >= 4 is 23.2 Å². The minimum atomic E-state index is -0.161. The Balaban J connectivity index is 1.41. The van der Waals surface area contributed by atoms with E-state index in [2.05, 4.69) is 34.5 Å². The van der Waals surface area contributed by atoms with Crippen molar-refractivity contribution in [2.45, 2.75) is 25.5 Å². The van der Waals surface area contributed by atoms with Gasteiger partial charge in [0.1, 0.15) is 0 Å². The Kier molecular flexibility index (Phi) is 6.48. The maximum Gasteiger partial charge on any atom is 0.255 e. The number of piperidine rings is 1. The molecule has 3 aromatic carbocycles. The molecule has 0 aliphatic carbocycles. The number of likely N-dealkylation sites (tertiary alicyclic amines) is 1. The summed E-state index contributed by atoms with van der Waals surface area (Å²) in [6.45, 7) is 2.79. The molecule has 1 heterocycles. The molecule has 0 atom stereocenters. The van der Waals surface area contributed by atoms with Crippen LogP contribution in [0, 0.1) is 0 Å². The summed E-state index contributed by atoms with van der Waals surface area (Å²) < 4.78 is 0. The Morgan fingerprint density at radius 2 is 1.67 bits per heavy atom. The quantitative estimate of drug-likeness (QED) is 0.595. The number of carbonyl (C=O) groups is 1. The molecule has 3 aromatic rings. The molecule has 4 rings (SSSR count). The number of benzene rings is 3. The Hall–Kier alpha value is -2.66. The first-order chi connectivity index (χ1) is 14.6. The molecule has 0 saturated carbocycles. The molecule has 1 aliphatic rings. The monoisotopic (exact) mass is 420 g/mol. The first-order valence-corrected chi connectivity index (χ1v) is 10.6. The fourth-order valence-corrected chi connectivity index (χ4v) is 3.85. The maximum atomic E-state index is 12.5. The number of hydrogen-bond donors (Lipinski definition) is 2. The van der Waals surface area contributed by atoms with Crippen LogP contribution < -0.4 is 5.32 Å². The lowest BCUT2D eigenvalue weighted by molar-refractivity contribution is 0.0792. The van der Waals surface area contributed by atoms with Crippen LogP contribution in [0.1, 0.15) is 28.8 Å². The van der Waals surface area contributed by atoms with E-state index < -0.39 is 0 Å². The van der Waals surface area contributed by atoms with Crippen molar-refractivity contribution in [2.24, 2.45) is 0 Å². The van der Waals surface area contributed by atoms with Crippen molar-refractivity contribution < 1.29 is 9.90 Å². The van der Waals surface area contributed by atoms with Crippen LogP contribution in [0.15, 0.2) is 72.8 Å². The minimum absolute atomic E-state index is 0.143. The Morgan fingerprint density at radius 3 is 2.37 bits per heavy atom. The van der Waals surface area contributed by atoms with Crippen LogP contribution in [0.4, 0.5) is 5.69 Å². The molecular weight excluding hydrogens is 396 g/mol. The molecule has 0 unspecified atom stereocenters. The lowest BCUT2D eigenvalue weighted by atomic mass is 10.0. The van der Waals surface area contributed by atoms with Crippen LogP contribution in [0.5, 0.6) is 0 Å². The van der Waals surface area contributed by atoms with E-state index in [1.807, 2.05) is 24.3 Å². The molecule has 0 bridgehead atoms. The predicted octanol–water partition coefficient (Wildman–Crippen LogP) is 5.22. The van der Waals surface area contributed by atoms with Crippen molar-refractivity contribution in [3.8, 4) is 11.1 Å². The van der Waals surface area contributed by atoms with Crippen molar-refractivity contribution in [3.63, 3.8) is 0 Å². The molecule has 0 aromatic heterocycles. The molecule has 0 spiro atoms. The average Bonchev–Trinajstić information content (AvgIpc) is 2.76. The summed E-state index contributed by atoms with van der Waals surface area (Å²) in [6, 6.07) is 23.2. The van der Waals surface area contributed by atoms with Crippen molar-refractivity contribution in [1.82, 2.24) is 4.90 Å². The average molecular weight is 421 g/mol. The number of nitrogens with one attached hydrogen (secondary N) is 1. The fraction of sp³-hybridized carbons (Fsp3) is 0.240. The third-order valence-corrected chi connectivity index (χ3v) is 5.73. The minimum Gasteiger partial charge on any atom is -0.393 e. The second kappa shape index (κ2) is 9.43. The maximum absolute atomic E-state index is 12.5. The van der Waals surface area contributed by atoms with E-state index in [-0.39, 0.29) is 12.0 Å². The van der Waals surface area contributed by atoms with Gasteiger partial charge in [0, 0.05) is 35.9 Å². The second-order valence-electron chi connectivity index (χ2n) is 7.75. The summed E-state index contributed by atoms with van der Waals surface area (Å²) in [4.78, 5) is 14.8. The number of anilines is 1. The Labute approximate surface area is 182 Å². The van der Waals surface area contributed by atoms with Crippen LogP contribution in [-0.4, -0.2) is 35.1 Å². The number of nitrogens with zero attached hydrogens (tertiary/aromatic N) is 1. The highest BCUT2D eigenvalue weighted by atomic mass is 35.5. The first-order valence-electron chi connectivity index (χ1n) is 10.2. The van der Waals surface area contributed by atoms with E-state index in [9.17, 15) is 9.90 Å². The molecule has 1 amide bonds. The van der Waals surface area contributed by atoms with Crippen LogP contribution in [-0.2, 0) is 6.54 Å². The molecule has 154 valence electrons. The van der Waals surface area contributed by atoms with E-state index in [1.54, 1.807) is 24.3 Å². The molecular formula is C25H25ClN2O2. The summed E-state index contributed by atoms with van der Waals surface area (Å²) in [5, 5.41) is 13.2. The van der Waals surface area contributed by atoms with Gasteiger partial charge in [-0.3, -0.25) is 9.69 Å². The van der Waals surface area contributed by atoms with Gasteiger partial charge in [-0.25, -0.2) is 0 Å². The summed E-state index contributed by atoms with van der Waals surface area (Å²) in [6.07, 6.45) is 1.57. The van der Waals surface area contributed by atoms with Gasteiger partial charge in [-0.1, -0.05) is 48.0 Å². The van der Waals surface area contributed by atoms with E-state index in [0.717, 1.165) is 49.3 Å². The van der Waals surface area contributed by atoms with Crippen LogP contribution in [0.3, 0.4) is 0 Å². The smallest absolute Gasteiger partial charge is 0.255 e. The number of hydrogen-bond acceptors (Lipinski definition) is 3. The summed E-state index contributed by atoms with van der Waals surface area (Å²) in [5.41, 5.74) is 4.75. The lowest BCUT2D eigenvalue weighted by Crippen LogP contribution is -2.35. The third kappa shape index (κ3) is 5.28. The zero-order chi connectivity index (χ0) is 20.9. The van der Waals surface area contributed by atoms with Gasteiger partial charge < -0.3 is 10.4 Å². The number of carbonyl (C=O) groups excluding carboxylic acids is 1. The van der Waals surface area contributed by atoms with Gasteiger partial charge in [-0.15, -0.1) is 0 Å². The van der Waals surface area contributed by atoms with Crippen LogP contribution in [0.2, 0.25) is 5.02 Å². The van der Waals surface area contributed by atoms with Gasteiger partial charge in [0.2, 0.25) is 0 Å². The predicted molar refractivity (Wildman–Crippen MR) is 122 cm³/mol. The number of amides is 1. The van der Waals surface area contributed by atoms with E-state index in [1.165, 1.54) is 5.56 Å². The standard InChI is InChI=1S/C25H25ClN2O2/c26-22-10-8-20(9-11-22)25(30)27-23-3-1-2-21(16-23)19-6-4-18(5-7-19)17-28-14-12-24(29)13-15-28/h1-11,16,24,29H,12-15,17H2,(H,27,30). The third-order valence-electron chi connectivity index (χ3n) is 5.48. The van der Waals surface area contributed by atoms with Crippen LogP contribution in [0.25, 0.3) is 11.1 Å². The molecule has 4 nitrogen and oxygen atoms in total. The topological polar surface area (TPSA) is 52.6 Å². The van der Waals surface area contributed by atoms with E-state index in [4.69, 9.17) is 11.6 Å². The second-order valence-corrected chi connectivity index (χ2v) is 8.18. The lowest BCUT2D eigenvalue weighted by Gasteiger charge is -2.29. The molecule has 1 fully saturated rings. The van der Waals surface area contributed by atoms with E-state index >= 15 is 0 Å². The van der Waals surface area contributed by atoms with Crippen molar-refractivity contribution in [1.29, 1.82) is 0 Å². The van der Waals surface area contributed by atoms with Gasteiger partial charge in [0.25, 0.3) is 5.91 Å². The molecule has 2 N–H and O–H groups in total. The van der Waals surface area contributed by atoms with E-state index in [0.29, 0.717) is 10.6 Å². The SMILES string of the molecule is O=C(Nc1cccc(-c2ccc(CN3CCC(O)CC3)cc2)c1)c1ccc(Cl)cc1. The van der Waals surface area contributed by atoms with Gasteiger partial charge in [0.15, 0.2) is 0 Å². The highest BCUT2D eigenvalue weighted by Crippen LogP contribution is 2.24. The molecule has 5 heteroatoms. The molecule has 0 radical (unpaired) electrons. The zero-order valence-corrected chi connectivity index (χ0v) is 17.5. The van der Waals surface area contributed by atoms with Crippen LogP contribution >= 0.6 is 11.6 Å². The largest absolute Gasteiger partial charge is 0.393 e. The first kappa shape index (κ1) is 20.6. The summed E-state index contributed by atoms with van der Waals surface area (Å²) in [7, 11) is 0. The number of rotatable bonds is 5. The summed E-state index contributed by atoms with van der Waals surface area (Å²) >= 11 is 5.89. The summed E-state index contributed by atoms with van der Waals surface area (Å²) in [5.74, 6) is -0.161. The molecule has 1 saturated heterocycles. The van der Waals surface area contributed by atoms with Gasteiger partial charge in [0.05, 0.1) is 6.10 Å². The fourth-order valence-electron chi connectivity index (χ4n) is 3.72. The van der Waals surface area contributed by atoms with Crippen molar-refractivity contribution in [2.75, 3.05) is 18.4 Å². The van der Waals surface area contributed by atoms with Gasteiger partial charge in [-0.05, 0) is 65.9 Å².